The second kappa shape index (κ2) is 8.31. The van der Waals surface area contributed by atoms with Gasteiger partial charge in [-0.25, -0.2) is 9.59 Å². The van der Waals surface area contributed by atoms with Gasteiger partial charge < -0.3 is 14.4 Å². The summed E-state index contributed by atoms with van der Waals surface area (Å²) in [5, 5.41) is 12.1. The zero-order valence-electron chi connectivity index (χ0n) is 18.0. The monoisotopic (exact) mass is 438 g/mol. The van der Waals surface area contributed by atoms with Gasteiger partial charge in [-0.2, -0.15) is 0 Å². The molecule has 4 aromatic rings. The minimum atomic E-state index is -1.000. The number of carboxylic acid groups (broad SMARTS) is 1. The zero-order chi connectivity index (χ0) is 22.9. The van der Waals surface area contributed by atoms with Crippen LogP contribution >= 0.6 is 0 Å². The summed E-state index contributed by atoms with van der Waals surface area (Å²) >= 11 is 0. The van der Waals surface area contributed by atoms with E-state index in [0.29, 0.717) is 5.69 Å². The number of hydrogen-bond donors (Lipinski definition) is 2. The van der Waals surface area contributed by atoms with E-state index in [4.69, 9.17) is 4.74 Å². The first kappa shape index (κ1) is 20.6. The maximum Gasteiger partial charge on any atom is 0.411 e. The van der Waals surface area contributed by atoms with E-state index in [0.717, 1.165) is 22.4 Å². The van der Waals surface area contributed by atoms with Crippen molar-refractivity contribution in [3.63, 3.8) is 0 Å². The molecule has 0 radical (unpaired) electrons. The van der Waals surface area contributed by atoms with Crippen molar-refractivity contribution in [3.8, 4) is 16.8 Å². The molecule has 1 aliphatic rings. The molecule has 5 rings (SSSR count). The van der Waals surface area contributed by atoms with E-state index in [-0.39, 0.29) is 18.2 Å². The van der Waals surface area contributed by atoms with Crippen LogP contribution in [-0.4, -0.2) is 28.3 Å². The van der Waals surface area contributed by atoms with E-state index in [1.54, 1.807) is 41.1 Å². The zero-order valence-corrected chi connectivity index (χ0v) is 18.0. The molecule has 0 atom stereocenters. The third-order valence-electron chi connectivity index (χ3n) is 6.01. The topological polar surface area (TPSA) is 80.6 Å². The summed E-state index contributed by atoms with van der Waals surface area (Å²) in [7, 11) is 0. The van der Waals surface area contributed by atoms with E-state index in [1.165, 1.54) is 11.1 Å². The van der Waals surface area contributed by atoms with E-state index in [1.807, 2.05) is 31.2 Å². The summed E-state index contributed by atoms with van der Waals surface area (Å²) in [6, 6.07) is 24.9. The number of nitrogens with one attached hydrogen (secondary N) is 1. The van der Waals surface area contributed by atoms with Gasteiger partial charge in [0.05, 0.1) is 0 Å². The summed E-state index contributed by atoms with van der Waals surface area (Å²) in [6.07, 6.45) is 1.17. The maximum atomic E-state index is 12.5. The van der Waals surface area contributed by atoms with Gasteiger partial charge in [0, 0.05) is 23.5 Å². The molecule has 0 aliphatic heterocycles. The smallest absolute Gasteiger partial charge is 0.411 e. The first-order chi connectivity index (χ1) is 16.0. The molecule has 3 aromatic carbocycles. The van der Waals surface area contributed by atoms with Crippen LogP contribution in [0, 0.1) is 6.92 Å². The fraction of sp³-hybridized carbons (Fsp3) is 0.111. The van der Waals surface area contributed by atoms with Crippen molar-refractivity contribution in [1.82, 2.24) is 4.57 Å². The van der Waals surface area contributed by atoms with Crippen molar-refractivity contribution >= 4 is 17.7 Å². The van der Waals surface area contributed by atoms with Crippen LogP contribution in [0.15, 0.2) is 85.1 Å². The van der Waals surface area contributed by atoms with Crippen molar-refractivity contribution < 1.29 is 19.4 Å². The summed E-state index contributed by atoms with van der Waals surface area (Å²) in [5.41, 5.74) is 6.99. The minimum Gasteiger partial charge on any atom is -0.477 e. The number of benzene rings is 3. The molecule has 164 valence electrons. The molecular formula is C27H22N2O4. The van der Waals surface area contributed by atoms with Gasteiger partial charge in [-0.15, -0.1) is 0 Å². The van der Waals surface area contributed by atoms with Crippen molar-refractivity contribution in [2.45, 2.75) is 12.8 Å². The Bertz CT molecular complexity index is 1330. The molecule has 6 heteroatoms. The first-order valence-corrected chi connectivity index (χ1v) is 10.7. The summed E-state index contributed by atoms with van der Waals surface area (Å²) in [6.45, 7) is 2.10. The van der Waals surface area contributed by atoms with Gasteiger partial charge in [0.15, 0.2) is 0 Å². The number of aryl methyl sites for hydroxylation is 1. The standard InChI is InChI=1S/C27H22N2O4/c1-17-15-18(12-13-24(17)29-14-6-11-25(29)26(30)31)28-27(32)33-16-23-21-9-4-2-7-19(21)20-8-3-5-10-22(20)23/h2-15,23H,16H2,1H3,(H,28,32)(H,30,31). The number of rotatable bonds is 5. The number of fused-ring (bicyclic) bond motifs is 3. The lowest BCUT2D eigenvalue weighted by atomic mass is 9.98. The average molecular weight is 438 g/mol. The lowest BCUT2D eigenvalue weighted by Gasteiger charge is -2.15. The van der Waals surface area contributed by atoms with Crippen LogP contribution in [0.5, 0.6) is 0 Å². The molecule has 0 fully saturated rings. The Balaban J connectivity index is 1.29. The molecule has 0 bridgehead atoms. The summed E-state index contributed by atoms with van der Waals surface area (Å²) in [4.78, 5) is 24.0. The number of carbonyl (C=O) groups is 2. The number of aromatic carboxylic acids is 1. The van der Waals surface area contributed by atoms with Gasteiger partial charge in [0.2, 0.25) is 0 Å². The molecule has 0 spiro atoms. The SMILES string of the molecule is Cc1cc(NC(=O)OCC2c3ccccc3-c3ccccc32)ccc1-n1cccc1C(=O)O. The number of aromatic nitrogens is 1. The Morgan fingerprint density at radius 1 is 0.939 bits per heavy atom. The van der Waals surface area contributed by atoms with Crippen LogP contribution < -0.4 is 5.32 Å². The van der Waals surface area contributed by atoms with E-state index in [2.05, 4.69) is 29.6 Å². The van der Waals surface area contributed by atoms with Crippen LogP contribution in [0.2, 0.25) is 0 Å². The van der Waals surface area contributed by atoms with Gasteiger partial charge in [0.1, 0.15) is 12.3 Å². The molecule has 0 saturated heterocycles. The highest BCUT2D eigenvalue weighted by atomic mass is 16.5. The third-order valence-corrected chi connectivity index (χ3v) is 6.01. The second-order valence-corrected chi connectivity index (χ2v) is 8.02. The Morgan fingerprint density at radius 3 is 2.24 bits per heavy atom. The molecule has 1 aliphatic carbocycles. The van der Waals surface area contributed by atoms with Crippen molar-refractivity contribution in [3.05, 3.63) is 107 Å². The Hall–Kier alpha value is -4.32. The van der Waals surface area contributed by atoms with Gasteiger partial charge in [-0.05, 0) is 65.1 Å². The van der Waals surface area contributed by atoms with Gasteiger partial charge in [0.25, 0.3) is 0 Å². The first-order valence-electron chi connectivity index (χ1n) is 10.7. The predicted molar refractivity (Wildman–Crippen MR) is 126 cm³/mol. The molecule has 0 saturated carbocycles. The number of carbonyl (C=O) groups excluding carboxylic acids is 1. The van der Waals surface area contributed by atoms with Crippen LogP contribution in [-0.2, 0) is 4.74 Å². The number of ether oxygens (including phenoxy) is 1. The van der Waals surface area contributed by atoms with Crippen molar-refractivity contribution in [2.24, 2.45) is 0 Å². The highest BCUT2D eigenvalue weighted by molar-refractivity contribution is 5.87. The van der Waals surface area contributed by atoms with Gasteiger partial charge in [-0.3, -0.25) is 5.32 Å². The molecule has 1 aromatic heterocycles. The quantitative estimate of drug-likeness (QED) is 0.410. The van der Waals surface area contributed by atoms with Crippen molar-refractivity contribution in [2.75, 3.05) is 11.9 Å². The van der Waals surface area contributed by atoms with E-state index < -0.39 is 12.1 Å². The lowest BCUT2D eigenvalue weighted by Crippen LogP contribution is -2.18. The average Bonchev–Trinajstić information content (AvgIpc) is 3.41. The summed E-state index contributed by atoms with van der Waals surface area (Å²) in [5.74, 6) is -1.00. The van der Waals surface area contributed by atoms with Gasteiger partial charge in [-0.1, -0.05) is 48.5 Å². The molecular weight excluding hydrogens is 416 g/mol. The predicted octanol–water partition coefficient (Wildman–Crippen LogP) is 5.84. The highest BCUT2D eigenvalue weighted by Gasteiger charge is 2.29. The minimum absolute atomic E-state index is 0.00422. The Kier molecular flexibility index (Phi) is 5.18. The maximum absolute atomic E-state index is 12.5. The fourth-order valence-electron chi connectivity index (χ4n) is 4.52. The molecule has 2 N–H and O–H groups in total. The van der Waals surface area contributed by atoms with Crippen molar-refractivity contribution in [1.29, 1.82) is 0 Å². The Labute approximate surface area is 191 Å². The van der Waals surface area contributed by atoms with E-state index in [9.17, 15) is 14.7 Å². The number of anilines is 1. The lowest BCUT2D eigenvalue weighted by molar-refractivity contribution is 0.0688. The molecule has 1 heterocycles. The third kappa shape index (κ3) is 3.76. The second-order valence-electron chi connectivity index (χ2n) is 8.02. The molecule has 1 amide bonds. The van der Waals surface area contributed by atoms with Crippen LogP contribution in [0.1, 0.15) is 33.1 Å². The molecule has 6 nitrogen and oxygen atoms in total. The Morgan fingerprint density at radius 2 is 1.61 bits per heavy atom. The number of hydrogen-bond acceptors (Lipinski definition) is 3. The van der Waals surface area contributed by atoms with Crippen LogP contribution in [0.4, 0.5) is 10.5 Å². The number of nitrogens with zero attached hydrogens (tertiary/aromatic N) is 1. The summed E-state index contributed by atoms with van der Waals surface area (Å²) < 4.78 is 7.21. The van der Waals surface area contributed by atoms with Gasteiger partial charge >= 0.3 is 12.1 Å². The normalized spacial score (nSPS) is 12.2. The van der Waals surface area contributed by atoms with Crippen LogP contribution in [0.3, 0.4) is 0 Å². The number of amides is 1. The fourth-order valence-corrected chi connectivity index (χ4v) is 4.52. The van der Waals surface area contributed by atoms with E-state index >= 15 is 0 Å². The largest absolute Gasteiger partial charge is 0.477 e. The molecule has 33 heavy (non-hydrogen) atoms. The molecule has 0 unspecified atom stereocenters. The number of carboxylic acids is 1. The highest BCUT2D eigenvalue weighted by Crippen LogP contribution is 2.44. The van der Waals surface area contributed by atoms with Crippen LogP contribution in [0.25, 0.3) is 16.8 Å².